The molecule has 0 saturated carbocycles. The Bertz CT molecular complexity index is 1230. The average Bonchev–Trinajstić information content (AvgIpc) is 3.19. The summed E-state index contributed by atoms with van der Waals surface area (Å²) in [6.45, 7) is 4.96. The van der Waals surface area contributed by atoms with Crippen LogP contribution in [0.15, 0.2) is 59.0 Å². The molecule has 1 aromatic heterocycles. The fourth-order valence-electron chi connectivity index (χ4n) is 3.98. The summed E-state index contributed by atoms with van der Waals surface area (Å²) in [4.78, 5) is 21.0. The maximum atomic E-state index is 12.8. The van der Waals surface area contributed by atoms with E-state index in [4.69, 9.17) is 9.15 Å². The molecule has 1 fully saturated rings. The van der Waals surface area contributed by atoms with Gasteiger partial charge in [0.05, 0.1) is 18.6 Å². The van der Waals surface area contributed by atoms with Gasteiger partial charge in [-0.25, -0.2) is 13.4 Å². The second-order valence-corrected chi connectivity index (χ2v) is 10.5. The van der Waals surface area contributed by atoms with E-state index < -0.39 is 15.6 Å². The van der Waals surface area contributed by atoms with Crippen molar-refractivity contribution in [2.45, 2.75) is 19.2 Å². The highest BCUT2D eigenvalue weighted by Crippen LogP contribution is 2.26. The number of hydrogen-bond donors (Lipinski definition) is 0. The summed E-state index contributed by atoms with van der Waals surface area (Å²) in [5.41, 5.74) is 2.23. The minimum atomic E-state index is -3.70. The van der Waals surface area contributed by atoms with Gasteiger partial charge in [-0.1, -0.05) is 36.4 Å². The Kier molecular flexibility index (Phi) is 7.33. The number of oxazole rings is 1. The topological polar surface area (TPSA) is 92.9 Å². The van der Waals surface area contributed by atoms with Crippen LogP contribution in [0.1, 0.15) is 17.0 Å². The van der Waals surface area contributed by atoms with Crippen molar-refractivity contribution in [1.29, 1.82) is 0 Å². The van der Waals surface area contributed by atoms with Crippen molar-refractivity contribution in [2.75, 3.05) is 39.0 Å². The SMILES string of the molecule is COc1cccc(-c2nc(CS(=O)(=O)CC(=O)N3CCN(Cc4ccccc4)CC3)c(C)o2)c1. The molecule has 2 aromatic carbocycles. The predicted molar refractivity (Wildman–Crippen MR) is 129 cm³/mol. The van der Waals surface area contributed by atoms with E-state index in [1.54, 1.807) is 31.1 Å². The zero-order chi connectivity index (χ0) is 24.1. The maximum Gasteiger partial charge on any atom is 0.237 e. The van der Waals surface area contributed by atoms with E-state index in [0.717, 1.165) is 6.54 Å². The minimum Gasteiger partial charge on any atom is -0.497 e. The van der Waals surface area contributed by atoms with Gasteiger partial charge in [-0.3, -0.25) is 9.69 Å². The zero-order valence-electron chi connectivity index (χ0n) is 19.4. The van der Waals surface area contributed by atoms with E-state index in [-0.39, 0.29) is 11.7 Å². The Balaban J connectivity index is 1.33. The molecule has 1 saturated heterocycles. The van der Waals surface area contributed by atoms with Crippen LogP contribution in [-0.4, -0.2) is 68.2 Å². The number of amides is 1. The number of piperazine rings is 1. The lowest BCUT2D eigenvalue weighted by Gasteiger charge is -2.34. The Morgan fingerprint density at radius 2 is 1.79 bits per heavy atom. The third kappa shape index (κ3) is 6.03. The Labute approximate surface area is 200 Å². The van der Waals surface area contributed by atoms with Gasteiger partial charge in [0, 0.05) is 38.3 Å². The molecular weight excluding hydrogens is 454 g/mol. The normalized spacial score (nSPS) is 14.8. The van der Waals surface area contributed by atoms with E-state index in [1.807, 2.05) is 30.3 Å². The first-order valence-electron chi connectivity index (χ1n) is 11.2. The first kappa shape index (κ1) is 24.0. The molecule has 8 nitrogen and oxygen atoms in total. The van der Waals surface area contributed by atoms with Crippen molar-refractivity contribution in [2.24, 2.45) is 0 Å². The molecule has 0 N–H and O–H groups in total. The molecule has 2 heterocycles. The lowest BCUT2D eigenvalue weighted by molar-refractivity contribution is -0.130. The van der Waals surface area contributed by atoms with E-state index in [2.05, 4.69) is 22.0 Å². The lowest BCUT2D eigenvalue weighted by Crippen LogP contribution is -2.49. The molecule has 9 heteroatoms. The maximum absolute atomic E-state index is 12.8. The first-order chi connectivity index (χ1) is 16.3. The molecule has 0 bridgehead atoms. The van der Waals surface area contributed by atoms with Crippen LogP contribution in [-0.2, 0) is 26.9 Å². The van der Waals surface area contributed by atoms with Gasteiger partial charge in [-0.15, -0.1) is 0 Å². The van der Waals surface area contributed by atoms with E-state index in [9.17, 15) is 13.2 Å². The van der Waals surface area contributed by atoms with Crippen molar-refractivity contribution in [3.8, 4) is 17.2 Å². The average molecular weight is 484 g/mol. The molecule has 1 amide bonds. The number of methoxy groups -OCH3 is 1. The predicted octanol–water partition coefficient (Wildman–Crippen LogP) is 2.92. The number of aromatic nitrogens is 1. The van der Waals surface area contributed by atoms with Gasteiger partial charge in [-0.05, 0) is 30.7 Å². The van der Waals surface area contributed by atoms with Crippen molar-refractivity contribution in [1.82, 2.24) is 14.8 Å². The molecule has 0 aliphatic carbocycles. The second kappa shape index (κ2) is 10.4. The van der Waals surface area contributed by atoms with Crippen LogP contribution in [0.25, 0.3) is 11.5 Å². The second-order valence-electron chi connectivity index (χ2n) is 8.43. The van der Waals surface area contributed by atoms with Crippen LogP contribution >= 0.6 is 0 Å². The first-order valence-corrected chi connectivity index (χ1v) is 13.0. The number of nitrogens with zero attached hydrogens (tertiary/aromatic N) is 3. The van der Waals surface area contributed by atoms with Crippen LogP contribution in [0.2, 0.25) is 0 Å². The lowest BCUT2D eigenvalue weighted by atomic mass is 10.2. The standard InChI is InChI=1S/C25H29N3O5S/c1-19-23(26-25(33-19)21-9-6-10-22(15-21)32-2)17-34(30,31)18-24(29)28-13-11-27(12-14-28)16-20-7-4-3-5-8-20/h3-10,15H,11-14,16-18H2,1-2H3. The summed E-state index contributed by atoms with van der Waals surface area (Å²) in [6.07, 6.45) is 0. The van der Waals surface area contributed by atoms with Crippen molar-refractivity contribution in [3.05, 3.63) is 71.6 Å². The number of benzene rings is 2. The van der Waals surface area contributed by atoms with Crippen LogP contribution < -0.4 is 4.74 Å². The largest absolute Gasteiger partial charge is 0.497 e. The summed E-state index contributed by atoms with van der Waals surface area (Å²) in [5, 5.41) is 0. The van der Waals surface area contributed by atoms with Gasteiger partial charge in [0.25, 0.3) is 0 Å². The quantitative estimate of drug-likeness (QED) is 0.486. The minimum absolute atomic E-state index is 0.318. The number of carbonyl (C=O) groups excluding carboxylic acids is 1. The Morgan fingerprint density at radius 3 is 2.50 bits per heavy atom. The highest BCUT2D eigenvalue weighted by molar-refractivity contribution is 7.91. The molecule has 1 aliphatic heterocycles. The molecule has 0 spiro atoms. The number of carbonyl (C=O) groups is 1. The monoisotopic (exact) mass is 483 g/mol. The number of aryl methyl sites for hydroxylation is 1. The molecule has 180 valence electrons. The number of sulfone groups is 1. The smallest absolute Gasteiger partial charge is 0.237 e. The molecule has 1 aliphatic rings. The summed E-state index contributed by atoms with van der Waals surface area (Å²) in [7, 11) is -2.13. The Morgan fingerprint density at radius 1 is 1.06 bits per heavy atom. The number of rotatable bonds is 8. The molecule has 3 aromatic rings. The highest BCUT2D eigenvalue weighted by Gasteiger charge is 2.27. The van der Waals surface area contributed by atoms with Crippen LogP contribution in [0.3, 0.4) is 0 Å². The highest BCUT2D eigenvalue weighted by atomic mass is 32.2. The zero-order valence-corrected chi connectivity index (χ0v) is 20.3. The van der Waals surface area contributed by atoms with Crippen LogP contribution in [0.4, 0.5) is 0 Å². The fourth-order valence-corrected chi connectivity index (χ4v) is 5.32. The molecule has 0 atom stereocenters. The fraction of sp³-hybridized carbons (Fsp3) is 0.360. The Hall–Kier alpha value is -3.17. The van der Waals surface area contributed by atoms with Crippen molar-refractivity contribution >= 4 is 15.7 Å². The van der Waals surface area contributed by atoms with E-state index in [0.29, 0.717) is 54.8 Å². The summed E-state index contributed by atoms with van der Waals surface area (Å²) >= 11 is 0. The number of hydrogen-bond acceptors (Lipinski definition) is 7. The van der Waals surface area contributed by atoms with Crippen LogP contribution in [0, 0.1) is 6.92 Å². The van der Waals surface area contributed by atoms with Gasteiger partial charge in [-0.2, -0.15) is 0 Å². The van der Waals surface area contributed by atoms with Crippen molar-refractivity contribution in [3.63, 3.8) is 0 Å². The summed E-state index contributed by atoms with van der Waals surface area (Å²) < 4.78 is 36.5. The van der Waals surface area contributed by atoms with Gasteiger partial charge in [0.15, 0.2) is 9.84 Å². The summed E-state index contributed by atoms with van der Waals surface area (Å²) in [5.74, 6) is 0.148. The van der Waals surface area contributed by atoms with Crippen molar-refractivity contribution < 1.29 is 22.4 Å². The molecule has 0 unspecified atom stereocenters. The van der Waals surface area contributed by atoms with Crippen LogP contribution in [0.5, 0.6) is 5.75 Å². The third-order valence-corrected chi connectivity index (χ3v) is 7.28. The van der Waals surface area contributed by atoms with Gasteiger partial charge in [0.2, 0.25) is 11.8 Å². The van der Waals surface area contributed by atoms with E-state index in [1.165, 1.54) is 5.56 Å². The molecule has 4 rings (SSSR count). The summed E-state index contributed by atoms with van der Waals surface area (Å²) in [6, 6.07) is 17.4. The number of ether oxygens (including phenoxy) is 1. The molecule has 34 heavy (non-hydrogen) atoms. The van der Waals surface area contributed by atoms with Gasteiger partial charge < -0.3 is 14.1 Å². The third-order valence-electron chi connectivity index (χ3n) is 5.88. The molecule has 0 radical (unpaired) electrons. The molecular formula is C25H29N3O5S. The van der Waals surface area contributed by atoms with E-state index >= 15 is 0 Å². The van der Waals surface area contributed by atoms with Gasteiger partial charge in [0.1, 0.15) is 17.3 Å². The van der Waals surface area contributed by atoms with Gasteiger partial charge >= 0.3 is 0 Å².